The number of rotatable bonds is 1. The van der Waals surface area contributed by atoms with E-state index in [0.717, 1.165) is 47.2 Å². The predicted octanol–water partition coefficient (Wildman–Crippen LogP) is 4.07. The van der Waals surface area contributed by atoms with Gasteiger partial charge in [-0.15, -0.1) is 5.92 Å². The minimum absolute atomic E-state index is 0.178. The topological polar surface area (TPSA) is 83.9 Å². The summed E-state index contributed by atoms with van der Waals surface area (Å²) in [7, 11) is 0. The number of aliphatic hydroxyl groups is 1. The van der Waals surface area contributed by atoms with E-state index in [2.05, 4.69) is 54.9 Å². The first-order chi connectivity index (χ1) is 15.3. The zero-order valence-corrected chi connectivity index (χ0v) is 19.2. The Balaban J connectivity index is 1.67. The third kappa shape index (κ3) is 2.93. The molecule has 1 fully saturated rings. The molecule has 5 heteroatoms. The number of fused-ring (bicyclic) bond motifs is 3. The van der Waals surface area contributed by atoms with Crippen LogP contribution in [0.2, 0.25) is 0 Å². The second kappa shape index (κ2) is 7.28. The van der Waals surface area contributed by atoms with Gasteiger partial charge in [0.15, 0.2) is 5.66 Å². The Labute approximate surface area is 189 Å². The fourth-order valence-corrected chi connectivity index (χ4v) is 6.30. The zero-order chi connectivity index (χ0) is 22.7. The monoisotopic (exact) mass is 426 g/mol. The number of aliphatic imine (C=N–C) groups is 2. The lowest BCUT2D eigenvalue weighted by atomic mass is 9.59. The number of benzene rings is 1. The molecular formula is C27H30N4O. The van der Waals surface area contributed by atoms with Crippen molar-refractivity contribution in [1.29, 1.82) is 0 Å². The van der Waals surface area contributed by atoms with Crippen molar-refractivity contribution in [3.05, 3.63) is 53.3 Å². The van der Waals surface area contributed by atoms with E-state index in [4.69, 9.17) is 15.7 Å². The van der Waals surface area contributed by atoms with E-state index in [-0.39, 0.29) is 23.4 Å². The number of aromatic nitrogens is 1. The molecule has 3 aliphatic rings. The molecule has 0 bridgehead atoms. The first-order valence-corrected chi connectivity index (χ1v) is 11.4. The fraction of sp³-hybridized carbons (Fsp3) is 0.444. The molecular weight excluding hydrogens is 396 g/mol. The van der Waals surface area contributed by atoms with Gasteiger partial charge in [0, 0.05) is 34.5 Å². The summed E-state index contributed by atoms with van der Waals surface area (Å²) >= 11 is 0. The molecule has 1 saturated carbocycles. The SMILES string of the molecule is CC#Cc1cncc(-c2ccc3c(c2)[C@@]2(N=C(C)C(N)=N2)[C@@]2(C3)C[C@@H](C)[C@H](O)[C@@H](C)C2)c1. The Morgan fingerprint density at radius 3 is 2.47 bits per heavy atom. The van der Waals surface area contributed by atoms with Gasteiger partial charge in [-0.1, -0.05) is 31.9 Å². The Hall–Kier alpha value is -2.97. The average Bonchev–Trinajstić information content (AvgIpc) is 3.20. The van der Waals surface area contributed by atoms with E-state index in [9.17, 15) is 5.11 Å². The molecule has 2 aromatic rings. The van der Waals surface area contributed by atoms with Gasteiger partial charge in [0.25, 0.3) is 0 Å². The number of nitrogens with two attached hydrogens (primary N) is 1. The predicted molar refractivity (Wildman–Crippen MR) is 128 cm³/mol. The number of amidine groups is 1. The molecule has 1 aliphatic heterocycles. The van der Waals surface area contributed by atoms with Gasteiger partial charge >= 0.3 is 0 Å². The molecule has 5 rings (SSSR count). The van der Waals surface area contributed by atoms with Crippen molar-refractivity contribution in [2.24, 2.45) is 33.0 Å². The van der Waals surface area contributed by atoms with Crippen molar-refractivity contribution in [3.8, 4) is 23.0 Å². The van der Waals surface area contributed by atoms with Crippen LogP contribution in [0.3, 0.4) is 0 Å². The Morgan fingerprint density at radius 2 is 1.81 bits per heavy atom. The van der Waals surface area contributed by atoms with Crippen LogP contribution in [0.4, 0.5) is 0 Å². The van der Waals surface area contributed by atoms with Gasteiger partial charge in [-0.05, 0) is 68.2 Å². The van der Waals surface area contributed by atoms with E-state index < -0.39 is 5.66 Å². The Kier molecular flexibility index (Phi) is 4.76. The standard InChI is InChI=1S/C27H30N4O/c1-5-6-19-9-22(15-29-14-19)20-7-8-21-13-26(11-16(2)24(32)17(3)12-26)27(23(21)10-20)30-18(4)25(28)31-27/h7-10,14-17,24,32H,11-13H2,1-4H3,(H2,28,31)/t16-,17+,24+,26+,27-/m0/s1. The summed E-state index contributed by atoms with van der Waals surface area (Å²) in [5.41, 5.74) is 11.6. The molecule has 5 nitrogen and oxygen atoms in total. The quantitative estimate of drug-likeness (QED) is 0.674. The van der Waals surface area contributed by atoms with Crippen molar-refractivity contribution in [2.75, 3.05) is 0 Å². The van der Waals surface area contributed by atoms with Gasteiger partial charge in [-0.25, -0.2) is 4.99 Å². The lowest BCUT2D eigenvalue weighted by molar-refractivity contribution is -0.0529. The van der Waals surface area contributed by atoms with Gasteiger partial charge in [-0.3, -0.25) is 9.98 Å². The van der Waals surface area contributed by atoms with Gasteiger partial charge in [0.05, 0.1) is 11.8 Å². The normalized spacial score (nSPS) is 33.0. The molecule has 2 heterocycles. The maximum absolute atomic E-state index is 10.7. The zero-order valence-electron chi connectivity index (χ0n) is 19.2. The third-order valence-corrected chi connectivity index (χ3v) is 7.67. The van der Waals surface area contributed by atoms with Crippen molar-refractivity contribution in [2.45, 2.75) is 58.7 Å². The van der Waals surface area contributed by atoms with Crippen molar-refractivity contribution in [3.63, 3.8) is 0 Å². The van der Waals surface area contributed by atoms with Gasteiger partial charge in [0.2, 0.25) is 0 Å². The molecule has 2 aliphatic carbocycles. The highest BCUT2D eigenvalue weighted by atomic mass is 16.3. The molecule has 2 spiro atoms. The van der Waals surface area contributed by atoms with Crippen LogP contribution in [-0.2, 0) is 12.1 Å². The number of aliphatic hydroxyl groups excluding tert-OH is 1. The molecule has 3 N–H and O–H groups in total. The molecule has 0 saturated heterocycles. The lowest BCUT2D eigenvalue weighted by Gasteiger charge is -2.49. The summed E-state index contributed by atoms with van der Waals surface area (Å²) in [5.74, 6) is 6.93. The minimum Gasteiger partial charge on any atom is -0.393 e. The van der Waals surface area contributed by atoms with E-state index in [1.54, 1.807) is 6.20 Å². The summed E-state index contributed by atoms with van der Waals surface area (Å²) in [6, 6.07) is 8.68. The van der Waals surface area contributed by atoms with Crippen LogP contribution < -0.4 is 5.73 Å². The Bertz CT molecular complexity index is 1190. The van der Waals surface area contributed by atoms with E-state index >= 15 is 0 Å². The first kappa shape index (κ1) is 20.9. The van der Waals surface area contributed by atoms with Crippen LogP contribution in [0.5, 0.6) is 0 Å². The molecule has 1 aromatic carbocycles. The van der Waals surface area contributed by atoms with Crippen LogP contribution in [0.25, 0.3) is 11.1 Å². The highest BCUT2D eigenvalue weighted by Crippen LogP contribution is 2.63. The van der Waals surface area contributed by atoms with E-state index in [1.165, 1.54) is 5.56 Å². The highest BCUT2D eigenvalue weighted by molar-refractivity contribution is 6.41. The second-order valence-electron chi connectivity index (χ2n) is 9.89. The van der Waals surface area contributed by atoms with Gasteiger partial charge in [-0.2, -0.15) is 0 Å². The minimum atomic E-state index is -0.719. The van der Waals surface area contributed by atoms with Crippen LogP contribution in [0, 0.1) is 29.1 Å². The maximum Gasteiger partial charge on any atom is 0.184 e. The fourth-order valence-electron chi connectivity index (χ4n) is 6.30. The third-order valence-electron chi connectivity index (χ3n) is 7.67. The number of nitrogens with zero attached hydrogens (tertiary/aromatic N) is 3. The second-order valence-corrected chi connectivity index (χ2v) is 9.89. The summed E-state index contributed by atoms with van der Waals surface area (Å²) in [6.07, 6.45) is 6.02. The lowest BCUT2D eigenvalue weighted by Crippen LogP contribution is -2.49. The summed E-state index contributed by atoms with van der Waals surface area (Å²) in [4.78, 5) is 14.6. The molecule has 0 amide bonds. The number of pyridine rings is 1. The molecule has 0 unspecified atom stereocenters. The molecule has 5 atom stereocenters. The number of hydrogen-bond donors (Lipinski definition) is 2. The largest absolute Gasteiger partial charge is 0.393 e. The van der Waals surface area contributed by atoms with Gasteiger partial charge in [0.1, 0.15) is 5.84 Å². The highest BCUT2D eigenvalue weighted by Gasteiger charge is 2.62. The molecule has 1 aromatic heterocycles. The Morgan fingerprint density at radius 1 is 1.06 bits per heavy atom. The van der Waals surface area contributed by atoms with Crippen molar-refractivity contribution < 1.29 is 5.11 Å². The summed E-state index contributed by atoms with van der Waals surface area (Å²) in [5, 5.41) is 10.7. The molecule has 164 valence electrons. The van der Waals surface area contributed by atoms with Crippen LogP contribution in [0.1, 0.15) is 57.2 Å². The summed E-state index contributed by atoms with van der Waals surface area (Å²) < 4.78 is 0. The molecule has 0 radical (unpaired) electrons. The first-order valence-electron chi connectivity index (χ1n) is 11.4. The van der Waals surface area contributed by atoms with Crippen molar-refractivity contribution in [1.82, 2.24) is 4.98 Å². The van der Waals surface area contributed by atoms with Crippen LogP contribution >= 0.6 is 0 Å². The smallest absolute Gasteiger partial charge is 0.184 e. The van der Waals surface area contributed by atoms with Crippen molar-refractivity contribution >= 4 is 11.5 Å². The van der Waals surface area contributed by atoms with Crippen LogP contribution in [-0.4, -0.2) is 27.7 Å². The summed E-state index contributed by atoms with van der Waals surface area (Å²) in [6.45, 7) is 8.07. The van der Waals surface area contributed by atoms with E-state index in [1.807, 2.05) is 20.0 Å². The average molecular weight is 427 g/mol. The maximum atomic E-state index is 10.7. The van der Waals surface area contributed by atoms with E-state index in [0.29, 0.717) is 5.84 Å². The van der Waals surface area contributed by atoms with Crippen LogP contribution in [0.15, 0.2) is 46.6 Å². The molecule has 32 heavy (non-hydrogen) atoms. The van der Waals surface area contributed by atoms with Gasteiger partial charge < -0.3 is 10.8 Å². The number of hydrogen-bond acceptors (Lipinski definition) is 5.